The summed E-state index contributed by atoms with van der Waals surface area (Å²) in [6, 6.07) is 0.281. The number of carbonyl (C=O) groups excluding carboxylic acids is 1. The van der Waals surface area contributed by atoms with Crippen LogP contribution < -0.4 is 5.32 Å². The summed E-state index contributed by atoms with van der Waals surface area (Å²) in [4.78, 5) is 11.7. The fraction of sp³-hybridized carbons (Fsp3) is 0.917. The summed E-state index contributed by atoms with van der Waals surface area (Å²) in [5, 5.41) is 3.02. The van der Waals surface area contributed by atoms with Crippen molar-refractivity contribution in [2.75, 3.05) is 6.61 Å². The third-order valence-electron chi connectivity index (χ3n) is 2.85. The molecule has 1 amide bonds. The number of hydrogen-bond donors (Lipinski definition) is 1. The molecule has 1 heterocycles. The van der Waals surface area contributed by atoms with Gasteiger partial charge in [-0.25, -0.2) is 0 Å². The summed E-state index contributed by atoms with van der Waals surface area (Å²) in [6.07, 6.45) is 6.31. The molecule has 0 aromatic heterocycles. The Morgan fingerprint density at radius 1 is 1.53 bits per heavy atom. The maximum absolute atomic E-state index is 11.7. The Bertz CT molecular complexity index is 188. The average Bonchev–Trinajstić information content (AvgIpc) is 2.27. The quantitative estimate of drug-likeness (QED) is 0.760. The number of unbranched alkanes of at least 4 members (excludes halogenated alkanes) is 1. The SMILES string of the molecule is CCCCC(C)NC(=O)C1CCCCO1. The maximum Gasteiger partial charge on any atom is 0.249 e. The predicted molar refractivity (Wildman–Crippen MR) is 60.7 cm³/mol. The summed E-state index contributed by atoms with van der Waals surface area (Å²) in [7, 11) is 0. The van der Waals surface area contributed by atoms with Gasteiger partial charge in [-0.2, -0.15) is 0 Å². The monoisotopic (exact) mass is 213 g/mol. The van der Waals surface area contributed by atoms with Crippen LogP contribution in [0.15, 0.2) is 0 Å². The van der Waals surface area contributed by atoms with Crippen LogP contribution in [0.5, 0.6) is 0 Å². The van der Waals surface area contributed by atoms with Gasteiger partial charge in [-0.1, -0.05) is 19.8 Å². The second-order valence-corrected chi connectivity index (χ2v) is 4.41. The largest absolute Gasteiger partial charge is 0.368 e. The second kappa shape index (κ2) is 6.83. The first-order chi connectivity index (χ1) is 7.24. The zero-order valence-corrected chi connectivity index (χ0v) is 9.92. The molecule has 88 valence electrons. The van der Waals surface area contributed by atoms with E-state index in [1.807, 2.05) is 0 Å². The standard InChI is InChI=1S/C12H23NO2/c1-3-4-7-10(2)13-12(14)11-8-5-6-9-15-11/h10-11H,3-9H2,1-2H3,(H,13,14). The number of carbonyl (C=O) groups is 1. The van der Waals surface area contributed by atoms with Gasteiger partial charge >= 0.3 is 0 Å². The minimum Gasteiger partial charge on any atom is -0.368 e. The molecule has 1 saturated heterocycles. The molecule has 3 heteroatoms. The Hall–Kier alpha value is -0.570. The summed E-state index contributed by atoms with van der Waals surface area (Å²) >= 11 is 0. The molecule has 0 aliphatic carbocycles. The molecule has 1 aliphatic heterocycles. The van der Waals surface area contributed by atoms with Gasteiger partial charge in [-0.3, -0.25) is 4.79 Å². The first-order valence-corrected chi connectivity index (χ1v) is 6.16. The van der Waals surface area contributed by atoms with E-state index in [1.54, 1.807) is 0 Å². The number of hydrogen-bond acceptors (Lipinski definition) is 2. The molecule has 0 aromatic carbocycles. The smallest absolute Gasteiger partial charge is 0.249 e. The van der Waals surface area contributed by atoms with E-state index in [4.69, 9.17) is 4.74 Å². The van der Waals surface area contributed by atoms with Crippen molar-refractivity contribution in [3.8, 4) is 0 Å². The van der Waals surface area contributed by atoms with Crippen molar-refractivity contribution in [1.82, 2.24) is 5.32 Å². The van der Waals surface area contributed by atoms with Crippen molar-refractivity contribution in [3.63, 3.8) is 0 Å². The molecule has 2 atom stereocenters. The molecular formula is C12H23NO2. The fourth-order valence-electron chi connectivity index (χ4n) is 1.87. The minimum absolute atomic E-state index is 0.0818. The number of amides is 1. The van der Waals surface area contributed by atoms with Crippen LogP contribution in [-0.4, -0.2) is 24.7 Å². The average molecular weight is 213 g/mol. The molecule has 3 nitrogen and oxygen atoms in total. The van der Waals surface area contributed by atoms with Crippen molar-refractivity contribution in [2.24, 2.45) is 0 Å². The molecule has 0 radical (unpaired) electrons. The lowest BCUT2D eigenvalue weighted by molar-refractivity contribution is -0.136. The Morgan fingerprint density at radius 2 is 2.33 bits per heavy atom. The van der Waals surface area contributed by atoms with Crippen molar-refractivity contribution in [3.05, 3.63) is 0 Å². The van der Waals surface area contributed by atoms with Crippen LogP contribution in [-0.2, 0) is 9.53 Å². The highest BCUT2D eigenvalue weighted by Crippen LogP contribution is 2.13. The normalized spacial score (nSPS) is 23.5. The van der Waals surface area contributed by atoms with E-state index in [0.29, 0.717) is 0 Å². The maximum atomic E-state index is 11.7. The number of ether oxygens (including phenoxy) is 1. The van der Waals surface area contributed by atoms with Crippen molar-refractivity contribution in [1.29, 1.82) is 0 Å². The van der Waals surface area contributed by atoms with Crippen molar-refractivity contribution in [2.45, 2.75) is 64.5 Å². The first kappa shape index (κ1) is 12.5. The Labute approximate surface area is 92.6 Å². The highest BCUT2D eigenvalue weighted by Gasteiger charge is 2.22. The Morgan fingerprint density at radius 3 is 2.93 bits per heavy atom. The van der Waals surface area contributed by atoms with Crippen LogP contribution in [0.3, 0.4) is 0 Å². The third-order valence-corrected chi connectivity index (χ3v) is 2.85. The highest BCUT2D eigenvalue weighted by atomic mass is 16.5. The topological polar surface area (TPSA) is 38.3 Å². The molecule has 0 saturated carbocycles. The van der Waals surface area contributed by atoms with Crippen LogP contribution in [0.4, 0.5) is 0 Å². The zero-order chi connectivity index (χ0) is 11.1. The molecule has 0 spiro atoms. The van der Waals surface area contributed by atoms with E-state index in [9.17, 15) is 4.79 Å². The van der Waals surface area contributed by atoms with Gasteiger partial charge in [0.2, 0.25) is 5.91 Å². The van der Waals surface area contributed by atoms with E-state index in [1.165, 1.54) is 12.8 Å². The van der Waals surface area contributed by atoms with E-state index in [0.717, 1.165) is 32.3 Å². The molecule has 1 rings (SSSR count). The van der Waals surface area contributed by atoms with Crippen LogP contribution in [0.2, 0.25) is 0 Å². The van der Waals surface area contributed by atoms with E-state index in [-0.39, 0.29) is 18.1 Å². The van der Waals surface area contributed by atoms with Gasteiger partial charge in [0, 0.05) is 12.6 Å². The lowest BCUT2D eigenvalue weighted by atomic mass is 10.1. The molecular weight excluding hydrogens is 190 g/mol. The molecule has 1 fully saturated rings. The molecule has 1 N–H and O–H groups in total. The predicted octanol–water partition coefficient (Wildman–Crippen LogP) is 2.25. The first-order valence-electron chi connectivity index (χ1n) is 6.16. The zero-order valence-electron chi connectivity index (χ0n) is 9.92. The van der Waals surface area contributed by atoms with Gasteiger partial charge in [0.15, 0.2) is 0 Å². The van der Waals surface area contributed by atoms with Gasteiger partial charge in [-0.15, -0.1) is 0 Å². The van der Waals surface area contributed by atoms with Gasteiger partial charge in [0.25, 0.3) is 0 Å². The molecule has 2 unspecified atom stereocenters. The molecule has 0 aromatic rings. The third kappa shape index (κ3) is 4.65. The van der Waals surface area contributed by atoms with E-state index >= 15 is 0 Å². The van der Waals surface area contributed by atoms with Crippen LogP contribution in [0.25, 0.3) is 0 Å². The lowest BCUT2D eigenvalue weighted by Gasteiger charge is -2.23. The Kier molecular flexibility index (Phi) is 5.69. The summed E-state index contributed by atoms with van der Waals surface area (Å²) in [5.41, 5.74) is 0. The van der Waals surface area contributed by atoms with Crippen LogP contribution >= 0.6 is 0 Å². The van der Waals surface area contributed by atoms with E-state index in [2.05, 4.69) is 19.2 Å². The molecule has 15 heavy (non-hydrogen) atoms. The van der Waals surface area contributed by atoms with Gasteiger partial charge in [-0.05, 0) is 32.6 Å². The highest BCUT2D eigenvalue weighted by molar-refractivity contribution is 5.81. The lowest BCUT2D eigenvalue weighted by Crippen LogP contribution is -2.42. The van der Waals surface area contributed by atoms with Crippen LogP contribution in [0.1, 0.15) is 52.4 Å². The fourth-order valence-corrected chi connectivity index (χ4v) is 1.87. The molecule has 0 bridgehead atoms. The van der Waals surface area contributed by atoms with Gasteiger partial charge in [0.05, 0.1) is 0 Å². The summed E-state index contributed by atoms with van der Waals surface area (Å²) in [6.45, 7) is 4.97. The number of rotatable bonds is 5. The van der Waals surface area contributed by atoms with Crippen molar-refractivity contribution < 1.29 is 9.53 Å². The summed E-state index contributed by atoms with van der Waals surface area (Å²) < 4.78 is 5.43. The van der Waals surface area contributed by atoms with Crippen LogP contribution in [0, 0.1) is 0 Å². The number of nitrogens with one attached hydrogen (secondary N) is 1. The second-order valence-electron chi connectivity index (χ2n) is 4.41. The summed E-state index contributed by atoms with van der Waals surface area (Å²) in [5.74, 6) is 0.0818. The van der Waals surface area contributed by atoms with Gasteiger partial charge in [0.1, 0.15) is 6.10 Å². The van der Waals surface area contributed by atoms with Gasteiger partial charge < -0.3 is 10.1 Å². The minimum atomic E-state index is -0.192. The van der Waals surface area contributed by atoms with E-state index < -0.39 is 0 Å². The Balaban J connectivity index is 2.21. The van der Waals surface area contributed by atoms with Crippen molar-refractivity contribution >= 4 is 5.91 Å². The molecule has 1 aliphatic rings.